The van der Waals surface area contributed by atoms with E-state index in [1.165, 1.54) is 0 Å². The predicted molar refractivity (Wildman–Crippen MR) is 43.6 cm³/mol. The van der Waals surface area contributed by atoms with Crippen LogP contribution in [0.2, 0.25) is 0 Å². The van der Waals surface area contributed by atoms with Gasteiger partial charge in [-0.3, -0.25) is 4.55 Å². The molecule has 8 heteroatoms. The van der Waals surface area contributed by atoms with Crippen molar-refractivity contribution >= 4 is 69.2 Å². The second-order valence-electron chi connectivity index (χ2n) is 1.56. The molecule has 0 unspecified atom stereocenters. The Bertz CT molecular complexity index is 165. The van der Waals surface area contributed by atoms with E-state index < -0.39 is 22.2 Å². The third-order valence-corrected chi connectivity index (χ3v) is 1.39. The molecule has 0 aromatic carbocycles. The first-order valence-corrected chi connectivity index (χ1v) is 3.84. The first-order chi connectivity index (χ1) is 3.92. The Morgan fingerprint density at radius 3 is 1.64 bits per heavy atom. The molecule has 0 atom stereocenters. The fraction of sp³-hybridized carbons (Fsp3) is 1.00. The van der Waals surface area contributed by atoms with Crippen LogP contribution >= 0.6 is 0 Å². The number of aliphatic hydroxyl groups excluding tert-OH is 1. The zero-order valence-electron chi connectivity index (χ0n) is 4.56. The van der Waals surface area contributed by atoms with E-state index in [0.29, 0.717) is 0 Å². The van der Waals surface area contributed by atoms with E-state index in [-0.39, 0.29) is 65.5 Å². The average Bonchev–Trinajstić information content (AvgIpc) is 1.59. The van der Waals surface area contributed by atoms with Gasteiger partial charge in [0.1, 0.15) is 0 Å². The van der Waals surface area contributed by atoms with Gasteiger partial charge in [0.15, 0.2) is 6.29 Å². The fourth-order valence-corrected chi connectivity index (χ4v) is 0.763. The first-order valence-electron chi connectivity index (χ1n) is 2.23. The van der Waals surface area contributed by atoms with Gasteiger partial charge in [-0.25, -0.2) is 0 Å². The molecule has 0 bridgehead atoms. The molecule has 0 aliphatic heterocycles. The van der Waals surface area contributed by atoms with Crippen LogP contribution in [0.1, 0.15) is 6.42 Å². The molecule has 60 valence electrons. The van der Waals surface area contributed by atoms with Crippen LogP contribution in [0.5, 0.6) is 0 Å². The third kappa shape index (κ3) is 18.6. The van der Waals surface area contributed by atoms with Gasteiger partial charge in [-0.15, -0.1) is 0 Å². The average molecular weight is 204 g/mol. The van der Waals surface area contributed by atoms with Gasteiger partial charge in [-0.1, -0.05) is 0 Å². The Balaban J connectivity index is -0.000000320. The predicted octanol–water partition coefficient (Wildman–Crippen LogP) is -2.72. The van der Waals surface area contributed by atoms with Gasteiger partial charge < -0.3 is 10.2 Å². The molecule has 3 N–H and O–H groups in total. The Hall–Kier alpha value is 1.83. The molecule has 0 fully saturated rings. The van der Waals surface area contributed by atoms with Crippen LogP contribution in [0.4, 0.5) is 0 Å². The molecule has 0 aliphatic rings. The van der Waals surface area contributed by atoms with Crippen molar-refractivity contribution in [1.29, 1.82) is 0 Å². The SMILES string of the molecule is O=S(=O)(O)CCC(O)O.[NaH].[NaH]. The summed E-state index contributed by atoms with van der Waals surface area (Å²) in [7, 11) is -4.04. The first kappa shape index (κ1) is 18.6. The molecular weight excluding hydrogens is 194 g/mol. The van der Waals surface area contributed by atoms with E-state index in [4.69, 9.17) is 14.8 Å². The number of aliphatic hydroxyl groups is 2. The third-order valence-electron chi connectivity index (χ3n) is 0.634. The van der Waals surface area contributed by atoms with Crippen LogP contribution < -0.4 is 0 Å². The van der Waals surface area contributed by atoms with Gasteiger partial charge in [0.05, 0.1) is 5.75 Å². The zero-order chi connectivity index (χ0) is 7.49. The Morgan fingerprint density at radius 1 is 1.18 bits per heavy atom. The maximum absolute atomic E-state index is 9.87. The van der Waals surface area contributed by atoms with E-state index in [0.717, 1.165) is 0 Å². The van der Waals surface area contributed by atoms with Crippen molar-refractivity contribution in [2.75, 3.05) is 5.75 Å². The topological polar surface area (TPSA) is 94.8 Å². The van der Waals surface area contributed by atoms with Crippen molar-refractivity contribution in [2.24, 2.45) is 0 Å². The summed E-state index contributed by atoms with van der Waals surface area (Å²) in [5.74, 6) is -0.620. The van der Waals surface area contributed by atoms with Crippen LogP contribution in [0.15, 0.2) is 0 Å². The van der Waals surface area contributed by atoms with Crippen LogP contribution in [0.25, 0.3) is 0 Å². The maximum atomic E-state index is 9.87. The summed E-state index contributed by atoms with van der Waals surface area (Å²) in [5, 5.41) is 16.2. The second-order valence-corrected chi connectivity index (χ2v) is 3.13. The normalized spacial score (nSPS) is 10.2. The molecule has 0 aromatic rings. The summed E-state index contributed by atoms with van der Waals surface area (Å²) in [5.41, 5.74) is 0. The number of hydrogen-bond acceptors (Lipinski definition) is 4. The molecule has 0 amide bonds. The Kier molecular flexibility index (Phi) is 14.2. The quantitative estimate of drug-likeness (QED) is 0.264. The molecule has 0 saturated carbocycles. The van der Waals surface area contributed by atoms with Gasteiger partial charge in [-0.2, -0.15) is 8.42 Å². The fourth-order valence-electron chi connectivity index (χ4n) is 0.254. The monoisotopic (exact) mass is 204 g/mol. The van der Waals surface area contributed by atoms with E-state index >= 15 is 0 Å². The van der Waals surface area contributed by atoms with Gasteiger partial charge in [0.2, 0.25) is 0 Å². The summed E-state index contributed by atoms with van der Waals surface area (Å²) in [6.07, 6.45) is -2.04. The molecule has 0 saturated heterocycles. The van der Waals surface area contributed by atoms with Crippen molar-refractivity contribution in [2.45, 2.75) is 12.7 Å². The molecule has 0 heterocycles. The molecule has 0 rings (SSSR count). The Morgan fingerprint density at radius 2 is 1.55 bits per heavy atom. The van der Waals surface area contributed by atoms with Gasteiger partial charge in [0, 0.05) is 6.42 Å². The van der Waals surface area contributed by atoms with E-state index in [2.05, 4.69) is 0 Å². The molecule has 0 radical (unpaired) electrons. The number of hydrogen-bond donors (Lipinski definition) is 3. The van der Waals surface area contributed by atoms with Crippen LogP contribution in [0, 0.1) is 0 Å². The van der Waals surface area contributed by atoms with E-state index in [9.17, 15) is 8.42 Å². The summed E-state index contributed by atoms with van der Waals surface area (Å²) in [4.78, 5) is 0. The summed E-state index contributed by atoms with van der Waals surface area (Å²) in [6, 6.07) is 0. The standard InChI is InChI=1S/C3H8O5S.2Na.2H/c4-3(5)1-2-9(6,7)8;;;;/h3-5H,1-2H2,(H,6,7,8);;;;. The minimum absolute atomic E-state index is 0. The number of rotatable bonds is 3. The van der Waals surface area contributed by atoms with Gasteiger partial charge >= 0.3 is 59.1 Å². The van der Waals surface area contributed by atoms with Crippen molar-refractivity contribution in [3.63, 3.8) is 0 Å². The molecular formula is C3H10Na2O5S. The van der Waals surface area contributed by atoms with Crippen LogP contribution in [-0.4, -0.2) is 94.3 Å². The molecule has 0 spiro atoms. The van der Waals surface area contributed by atoms with Crippen LogP contribution in [0.3, 0.4) is 0 Å². The second kappa shape index (κ2) is 8.43. The molecule has 0 aliphatic carbocycles. The zero-order valence-corrected chi connectivity index (χ0v) is 5.37. The van der Waals surface area contributed by atoms with E-state index in [1.54, 1.807) is 0 Å². The van der Waals surface area contributed by atoms with Crippen molar-refractivity contribution in [3.05, 3.63) is 0 Å². The minimum atomic E-state index is -4.04. The summed E-state index contributed by atoms with van der Waals surface area (Å²) < 4.78 is 27.8. The van der Waals surface area contributed by atoms with Crippen molar-refractivity contribution in [3.8, 4) is 0 Å². The van der Waals surface area contributed by atoms with Gasteiger partial charge in [0.25, 0.3) is 10.1 Å². The van der Waals surface area contributed by atoms with E-state index in [1.807, 2.05) is 0 Å². The molecule has 5 nitrogen and oxygen atoms in total. The summed E-state index contributed by atoms with van der Waals surface area (Å²) in [6.45, 7) is 0. The van der Waals surface area contributed by atoms with Gasteiger partial charge in [-0.05, 0) is 0 Å². The molecule has 11 heavy (non-hydrogen) atoms. The van der Waals surface area contributed by atoms with Crippen molar-refractivity contribution in [1.82, 2.24) is 0 Å². The van der Waals surface area contributed by atoms with Crippen LogP contribution in [-0.2, 0) is 10.1 Å². The summed E-state index contributed by atoms with van der Waals surface area (Å²) >= 11 is 0. The molecule has 0 aromatic heterocycles. The Labute approximate surface area is 110 Å². The van der Waals surface area contributed by atoms with Crippen molar-refractivity contribution < 1.29 is 23.2 Å².